The van der Waals surface area contributed by atoms with Crippen LogP contribution in [-0.4, -0.2) is 40.5 Å². The van der Waals surface area contributed by atoms with Crippen molar-refractivity contribution in [3.63, 3.8) is 0 Å². The minimum absolute atomic E-state index is 0.0205. The van der Waals surface area contributed by atoms with Crippen molar-refractivity contribution in [2.75, 3.05) is 12.0 Å². The summed E-state index contributed by atoms with van der Waals surface area (Å²) in [5, 5.41) is 9.64. The molecule has 1 aromatic rings. The summed E-state index contributed by atoms with van der Waals surface area (Å²) in [5.41, 5.74) is 2.34. The van der Waals surface area contributed by atoms with Gasteiger partial charge in [0.25, 0.3) is 0 Å². The molecule has 3 rings (SSSR count). The van der Waals surface area contributed by atoms with Gasteiger partial charge < -0.3 is 14.7 Å². The molecular formula is C23H25NO5S3. The van der Waals surface area contributed by atoms with E-state index in [-0.39, 0.29) is 21.6 Å². The second kappa shape index (κ2) is 9.03. The van der Waals surface area contributed by atoms with Crippen LogP contribution in [0.25, 0.3) is 5.57 Å². The van der Waals surface area contributed by atoms with Gasteiger partial charge in [0, 0.05) is 17.6 Å². The highest BCUT2D eigenvalue weighted by molar-refractivity contribution is 8.29. The standard InChI is InChI=1S/C23H25NO5S3/c1-11(2)9-15(25)24-14-8-7-12(3)10-13(14)16(19(30)23(24,4)5)22-31-17(20(26)27)18(32-22)21(28)29-6/h7-8,10-11H,9H2,1-6H3,(H,26,27)/b22-16+. The predicted octanol–water partition coefficient (Wildman–Crippen LogP) is 5.15. The Labute approximate surface area is 201 Å². The van der Waals surface area contributed by atoms with Crippen molar-refractivity contribution in [2.24, 2.45) is 5.92 Å². The number of thioether (sulfide) groups is 2. The average molecular weight is 492 g/mol. The van der Waals surface area contributed by atoms with Gasteiger partial charge in [0.05, 0.1) is 27.4 Å². The molecule has 2 heterocycles. The average Bonchev–Trinajstić information content (AvgIpc) is 3.13. The number of hydrogen-bond acceptors (Lipinski definition) is 7. The number of hydrogen-bond donors (Lipinski definition) is 1. The summed E-state index contributed by atoms with van der Waals surface area (Å²) in [6.45, 7) is 9.73. The summed E-state index contributed by atoms with van der Waals surface area (Å²) in [6.07, 6.45) is 0.381. The molecule has 0 saturated carbocycles. The molecule has 9 heteroatoms. The number of carbonyl (C=O) groups excluding carboxylic acids is 2. The van der Waals surface area contributed by atoms with Gasteiger partial charge in [-0.3, -0.25) is 4.79 Å². The Bertz CT molecular complexity index is 1100. The Kier molecular flexibility index (Phi) is 6.93. The van der Waals surface area contributed by atoms with Gasteiger partial charge in [0.15, 0.2) is 0 Å². The van der Waals surface area contributed by atoms with E-state index in [0.29, 0.717) is 21.1 Å². The zero-order valence-electron chi connectivity index (χ0n) is 18.8. The Morgan fingerprint density at radius 3 is 2.38 bits per heavy atom. The molecule has 0 aliphatic carbocycles. The van der Waals surface area contributed by atoms with Crippen molar-refractivity contribution >= 4 is 69.7 Å². The number of carboxylic acids is 1. The third-order valence-corrected chi connectivity index (χ3v) is 8.47. The zero-order valence-corrected chi connectivity index (χ0v) is 21.2. The molecular weight excluding hydrogens is 466 g/mol. The van der Waals surface area contributed by atoms with Gasteiger partial charge >= 0.3 is 11.9 Å². The fourth-order valence-corrected chi connectivity index (χ4v) is 6.69. The number of anilines is 1. The Morgan fingerprint density at radius 2 is 1.81 bits per heavy atom. The van der Waals surface area contributed by atoms with E-state index in [1.54, 1.807) is 4.90 Å². The lowest BCUT2D eigenvalue weighted by Gasteiger charge is -2.45. The molecule has 0 atom stereocenters. The monoisotopic (exact) mass is 491 g/mol. The van der Waals surface area contributed by atoms with Crippen LogP contribution in [0.15, 0.2) is 32.2 Å². The number of ether oxygens (including phenoxy) is 1. The summed E-state index contributed by atoms with van der Waals surface area (Å²) < 4.78 is 5.39. The fourth-order valence-electron chi connectivity index (χ4n) is 3.73. The quantitative estimate of drug-likeness (QED) is 0.352. The van der Waals surface area contributed by atoms with Crippen LogP contribution in [-0.2, 0) is 19.1 Å². The van der Waals surface area contributed by atoms with Crippen LogP contribution in [0.4, 0.5) is 5.69 Å². The topological polar surface area (TPSA) is 83.9 Å². The van der Waals surface area contributed by atoms with Crippen LogP contribution in [0.1, 0.15) is 45.2 Å². The number of amides is 1. The maximum atomic E-state index is 13.3. The third-order valence-electron chi connectivity index (χ3n) is 5.20. The Balaban J connectivity index is 2.24. The number of fused-ring (bicyclic) bond motifs is 1. The minimum atomic E-state index is -1.20. The van der Waals surface area contributed by atoms with Gasteiger partial charge in [-0.2, -0.15) is 0 Å². The predicted molar refractivity (Wildman–Crippen MR) is 134 cm³/mol. The first-order valence-electron chi connectivity index (χ1n) is 10.0. The van der Waals surface area contributed by atoms with E-state index in [2.05, 4.69) is 0 Å². The molecule has 170 valence electrons. The van der Waals surface area contributed by atoms with Crippen LogP contribution < -0.4 is 4.90 Å². The molecule has 0 fully saturated rings. The summed E-state index contributed by atoms with van der Waals surface area (Å²) in [6, 6.07) is 5.80. The summed E-state index contributed by atoms with van der Waals surface area (Å²) >= 11 is 7.96. The summed E-state index contributed by atoms with van der Waals surface area (Å²) in [5.74, 6) is -1.73. The minimum Gasteiger partial charge on any atom is -0.477 e. The number of carboxylic acid groups (broad SMARTS) is 1. The highest BCUT2D eigenvalue weighted by atomic mass is 32.2. The van der Waals surface area contributed by atoms with Gasteiger partial charge in [-0.05, 0) is 38.8 Å². The van der Waals surface area contributed by atoms with Crippen LogP contribution in [0.3, 0.4) is 0 Å². The number of esters is 1. The Hall–Kier alpha value is -2.10. The SMILES string of the molecule is COC(=O)C1=C(C(=O)O)S/C(=C2\C(=S)C(C)(C)N(C(=O)CC(C)C)c3ccc(C)cc32)S1. The molecule has 0 radical (unpaired) electrons. The van der Waals surface area contributed by atoms with Crippen molar-refractivity contribution in [3.8, 4) is 0 Å². The molecule has 2 aliphatic rings. The number of rotatable bonds is 4. The molecule has 32 heavy (non-hydrogen) atoms. The van der Waals surface area contributed by atoms with E-state index in [4.69, 9.17) is 17.0 Å². The highest BCUT2D eigenvalue weighted by Crippen LogP contribution is 2.56. The van der Waals surface area contributed by atoms with Crippen molar-refractivity contribution in [1.29, 1.82) is 0 Å². The normalized spacial score (nSPS) is 20.0. The lowest BCUT2D eigenvalue weighted by Crippen LogP contribution is -2.56. The van der Waals surface area contributed by atoms with Gasteiger partial charge in [0.1, 0.15) is 9.81 Å². The number of benzene rings is 1. The molecule has 0 aromatic heterocycles. The van der Waals surface area contributed by atoms with E-state index in [1.807, 2.05) is 52.8 Å². The summed E-state index contributed by atoms with van der Waals surface area (Å²) in [7, 11) is 1.22. The third kappa shape index (κ3) is 4.25. The van der Waals surface area contributed by atoms with Gasteiger partial charge in [0.2, 0.25) is 5.91 Å². The number of nitrogens with zero attached hydrogens (tertiary/aromatic N) is 1. The smallest absolute Gasteiger partial charge is 0.346 e. The molecule has 0 bridgehead atoms. The molecule has 1 aromatic carbocycles. The van der Waals surface area contributed by atoms with Crippen LogP contribution in [0.2, 0.25) is 0 Å². The largest absolute Gasteiger partial charge is 0.477 e. The van der Waals surface area contributed by atoms with Gasteiger partial charge in [-0.1, -0.05) is 61.2 Å². The highest BCUT2D eigenvalue weighted by Gasteiger charge is 2.45. The van der Waals surface area contributed by atoms with Crippen molar-refractivity contribution in [2.45, 2.75) is 46.6 Å². The van der Waals surface area contributed by atoms with E-state index in [9.17, 15) is 19.5 Å². The van der Waals surface area contributed by atoms with Crippen molar-refractivity contribution in [3.05, 3.63) is 43.4 Å². The molecule has 0 spiro atoms. The molecule has 6 nitrogen and oxygen atoms in total. The molecule has 1 amide bonds. The number of aryl methyl sites for hydroxylation is 1. The van der Waals surface area contributed by atoms with Crippen LogP contribution in [0, 0.1) is 12.8 Å². The lowest BCUT2D eigenvalue weighted by molar-refractivity contribution is -0.136. The molecule has 2 aliphatic heterocycles. The zero-order chi connectivity index (χ0) is 24.0. The molecule has 0 unspecified atom stereocenters. The lowest BCUT2D eigenvalue weighted by atomic mass is 9.82. The van der Waals surface area contributed by atoms with E-state index < -0.39 is 17.5 Å². The second-order valence-corrected chi connectivity index (χ2v) is 11.3. The first kappa shape index (κ1) is 24.5. The number of carbonyl (C=O) groups is 3. The van der Waals surface area contributed by atoms with E-state index in [0.717, 1.165) is 40.3 Å². The number of aliphatic carboxylic acids is 1. The second-order valence-electron chi connectivity index (χ2n) is 8.56. The first-order valence-corrected chi connectivity index (χ1v) is 12.1. The van der Waals surface area contributed by atoms with Crippen LogP contribution in [0.5, 0.6) is 0 Å². The summed E-state index contributed by atoms with van der Waals surface area (Å²) in [4.78, 5) is 39.5. The van der Waals surface area contributed by atoms with E-state index in [1.165, 1.54) is 7.11 Å². The Morgan fingerprint density at radius 1 is 1.19 bits per heavy atom. The number of thiocarbonyl (C=S) groups is 1. The van der Waals surface area contributed by atoms with Crippen molar-refractivity contribution < 1.29 is 24.2 Å². The van der Waals surface area contributed by atoms with E-state index >= 15 is 0 Å². The first-order chi connectivity index (χ1) is 14.9. The molecule has 1 N–H and O–H groups in total. The van der Waals surface area contributed by atoms with Gasteiger partial charge in [-0.15, -0.1) is 0 Å². The van der Waals surface area contributed by atoms with Gasteiger partial charge in [-0.25, -0.2) is 9.59 Å². The maximum Gasteiger partial charge on any atom is 0.346 e. The molecule has 0 saturated heterocycles. The number of methoxy groups -OCH3 is 1. The maximum absolute atomic E-state index is 13.3. The van der Waals surface area contributed by atoms with Crippen molar-refractivity contribution in [1.82, 2.24) is 0 Å². The van der Waals surface area contributed by atoms with Crippen LogP contribution >= 0.6 is 35.7 Å². The fraction of sp³-hybridized carbons (Fsp3) is 0.391.